The quantitative estimate of drug-likeness (QED) is 0.585. The number of rotatable bonds is 2. The van der Waals surface area contributed by atoms with Crippen LogP contribution < -0.4 is 11.5 Å². The molecule has 0 amide bonds. The molecule has 0 aliphatic heterocycles. The molecule has 1 aliphatic rings. The summed E-state index contributed by atoms with van der Waals surface area (Å²) in [6, 6.07) is 0. The van der Waals surface area contributed by atoms with Crippen LogP contribution in [0.5, 0.6) is 0 Å². The largest absolute Gasteiger partial charge is 0.481 e. The van der Waals surface area contributed by atoms with Crippen LogP contribution in [0, 0.1) is 11.8 Å². The first-order valence-corrected chi connectivity index (χ1v) is 4.74. The maximum absolute atomic E-state index is 10.5. The van der Waals surface area contributed by atoms with Crippen molar-refractivity contribution in [2.24, 2.45) is 23.3 Å². The lowest BCUT2D eigenvalue weighted by molar-refractivity contribution is -0.143. The molecule has 0 aromatic rings. The lowest BCUT2D eigenvalue weighted by Gasteiger charge is -2.24. The fourth-order valence-corrected chi connectivity index (χ4v) is 1.65. The number of hydrogen-bond donors (Lipinski definition) is 3. The number of carboxylic acid groups (broad SMARTS) is 1. The molecule has 4 nitrogen and oxygen atoms in total. The molecule has 0 aromatic heterocycles. The van der Waals surface area contributed by atoms with Gasteiger partial charge in [-0.15, -0.1) is 0 Å². The van der Waals surface area contributed by atoms with Crippen molar-refractivity contribution in [2.75, 3.05) is 13.6 Å². The number of aliphatic carboxylic acids is 1. The van der Waals surface area contributed by atoms with E-state index in [-0.39, 0.29) is 5.92 Å². The monoisotopic (exact) mass is 188 g/mol. The molecule has 5 N–H and O–H groups in total. The van der Waals surface area contributed by atoms with E-state index in [0.717, 1.165) is 25.7 Å². The van der Waals surface area contributed by atoms with E-state index < -0.39 is 5.97 Å². The van der Waals surface area contributed by atoms with E-state index in [2.05, 4.69) is 5.73 Å². The van der Waals surface area contributed by atoms with E-state index in [9.17, 15) is 4.79 Å². The first-order chi connectivity index (χ1) is 6.24. The summed E-state index contributed by atoms with van der Waals surface area (Å²) in [5.41, 5.74) is 9.98. The molecule has 78 valence electrons. The molecule has 0 aromatic carbocycles. The van der Waals surface area contributed by atoms with Crippen molar-refractivity contribution < 1.29 is 9.90 Å². The molecule has 1 rings (SSSR count). The van der Waals surface area contributed by atoms with Gasteiger partial charge in [-0.05, 0) is 45.2 Å². The molecule has 0 saturated heterocycles. The predicted molar refractivity (Wildman–Crippen MR) is 52.2 cm³/mol. The summed E-state index contributed by atoms with van der Waals surface area (Å²) in [7, 11) is 1.50. The lowest BCUT2D eigenvalue weighted by atomic mass is 9.82. The second-order valence-electron chi connectivity index (χ2n) is 3.29. The number of carboxylic acids is 1. The lowest BCUT2D eigenvalue weighted by Crippen LogP contribution is -2.25. The molecule has 1 fully saturated rings. The van der Waals surface area contributed by atoms with Crippen LogP contribution in [0.1, 0.15) is 25.7 Å². The summed E-state index contributed by atoms with van der Waals surface area (Å²) in [6.45, 7) is 0.715. The molecule has 0 unspecified atom stereocenters. The smallest absolute Gasteiger partial charge is 0.306 e. The van der Waals surface area contributed by atoms with Gasteiger partial charge in [-0.1, -0.05) is 0 Å². The van der Waals surface area contributed by atoms with Gasteiger partial charge in [0.25, 0.3) is 0 Å². The molecule has 0 heterocycles. The van der Waals surface area contributed by atoms with E-state index in [4.69, 9.17) is 10.8 Å². The van der Waals surface area contributed by atoms with E-state index in [0.29, 0.717) is 12.5 Å². The Labute approximate surface area is 79.3 Å². The molecular formula is C9H20N2O2. The van der Waals surface area contributed by atoms with E-state index >= 15 is 0 Å². The van der Waals surface area contributed by atoms with Gasteiger partial charge in [0, 0.05) is 0 Å². The van der Waals surface area contributed by atoms with Gasteiger partial charge in [-0.2, -0.15) is 0 Å². The van der Waals surface area contributed by atoms with Gasteiger partial charge >= 0.3 is 5.97 Å². The fourth-order valence-electron chi connectivity index (χ4n) is 1.65. The Hall–Kier alpha value is -0.610. The van der Waals surface area contributed by atoms with Crippen LogP contribution in [-0.2, 0) is 4.79 Å². The molecule has 0 radical (unpaired) electrons. The number of hydrogen-bond acceptors (Lipinski definition) is 3. The molecule has 0 bridgehead atoms. The minimum atomic E-state index is -0.638. The van der Waals surface area contributed by atoms with E-state index in [1.807, 2.05) is 0 Å². The Morgan fingerprint density at radius 3 is 2.08 bits per heavy atom. The maximum Gasteiger partial charge on any atom is 0.306 e. The topological polar surface area (TPSA) is 89.3 Å². The zero-order valence-electron chi connectivity index (χ0n) is 8.20. The van der Waals surface area contributed by atoms with E-state index in [1.54, 1.807) is 0 Å². The zero-order chi connectivity index (χ0) is 10.3. The average Bonchev–Trinajstić information content (AvgIpc) is 2.21. The van der Waals surface area contributed by atoms with Crippen molar-refractivity contribution in [2.45, 2.75) is 25.7 Å². The van der Waals surface area contributed by atoms with Crippen LogP contribution in [0.25, 0.3) is 0 Å². The van der Waals surface area contributed by atoms with Gasteiger partial charge in [0.1, 0.15) is 0 Å². The number of nitrogens with two attached hydrogens (primary N) is 2. The zero-order valence-corrected chi connectivity index (χ0v) is 8.20. The van der Waals surface area contributed by atoms with Crippen LogP contribution in [0.2, 0.25) is 0 Å². The second kappa shape index (κ2) is 6.86. The van der Waals surface area contributed by atoms with Crippen LogP contribution in [0.15, 0.2) is 0 Å². The van der Waals surface area contributed by atoms with Crippen molar-refractivity contribution in [3.8, 4) is 0 Å². The van der Waals surface area contributed by atoms with Crippen molar-refractivity contribution in [3.63, 3.8) is 0 Å². The highest BCUT2D eigenvalue weighted by molar-refractivity contribution is 5.69. The highest BCUT2D eigenvalue weighted by atomic mass is 16.4. The van der Waals surface area contributed by atoms with Gasteiger partial charge in [0.2, 0.25) is 0 Å². The van der Waals surface area contributed by atoms with Crippen molar-refractivity contribution in [1.29, 1.82) is 0 Å². The summed E-state index contributed by atoms with van der Waals surface area (Å²) < 4.78 is 0. The fraction of sp³-hybridized carbons (Fsp3) is 0.889. The molecule has 1 saturated carbocycles. The van der Waals surface area contributed by atoms with Crippen LogP contribution >= 0.6 is 0 Å². The van der Waals surface area contributed by atoms with Gasteiger partial charge in [0.15, 0.2) is 0 Å². The van der Waals surface area contributed by atoms with Crippen molar-refractivity contribution in [1.82, 2.24) is 0 Å². The van der Waals surface area contributed by atoms with Crippen molar-refractivity contribution in [3.05, 3.63) is 0 Å². The third-order valence-electron chi connectivity index (χ3n) is 2.53. The summed E-state index contributed by atoms with van der Waals surface area (Å²) in [5.74, 6) is -0.163. The number of carbonyl (C=O) groups is 1. The SMILES string of the molecule is CN.NCC1CCC(C(=O)O)CC1. The third-order valence-corrected chi connectivity index (χ3v) is 2.53. The molecule has 4 heteroatoms. The first-order valence-electron chi connectivity index (χ1n) is 4.74. The maximum atomic E-state index is 10.5. The minimum Gasteiger partial charge on any atom is -0.481 e. The van der Waals surface area contributed by atoms with Gasteiger partial charge in [0.05, 0.1) is 5.92 Å². The Balaban J connectivity index is 0.000000671. The molecule has 1 aliphatic carbocycles. The minimum absolute atomic E-state index is 0.0993. The second-order valence-corrected chi connectivity index (χ2v) is 3.29. The van der Waals surface area contributed by atoms with Gasteiger partial charge in [-0.3, -0.25) is 4.79 Å². The van der Waals surface area contributed by atoms with Gasteiger partial charge < -0.3 is 16.6 Å². The predicted octanol–water partition coefficient (Wildman–Crippen LogP) is 0.411. The summed E-state index contributed by atoms with van der Waals surface area (Å²) >= 11 is 0. The van der Waals surface area contributed by atoms with E-state index in [1.165, 1.54) is 7.05 Å². The average molecular weight is 188 g/mol. The molecular weight excluding hydrogens is 168 g/mol. The third kappa shape index (κ3) is 4.24. The summed E-state index contributed by atoms with van der Waals surface area (Å²) in [5, 5.41) is 8.67. The standard InChI is InChI=1S/C8H15NO2.CH5N/c9-5-6-1-3-7(4-2-6)8(10)11;1-2/h6-7H,1-5,9H2,(H,10,11);2H2,1H3. The van der Waals surface area contributed by atoms with Gasteiger partial charge in [-0.25, -0.2) is 0 Å². The highest BCUT2D eigenvalue weighted by Gasteiger charge is 2.24. The van der Waals surface area contributed by atoms with Crippen LogP contribution in [0.3, 0.4) is 0 Å². The normalized spacial score (nSPS) is 27.3. The van der Waals surface area contributed by atoms with Crippen LogP contribution in [-0.4, -0.2) is 24.7 Å². The first kappa shape index (κ1) is 12.4. The Kier molecular flexibility index (Phi) is 6.54. The molecule has 0 atom stereocenters. The highest BCUT2D eigenvalue weighted by Crippen LogP contribution is 2.27. The summed E-state index contributed by atoms with van der Waals surface area (Å²) in [6.07, 6.45) is 3.62. The Bertz CT molecular complexity index is 143. The Morgan fingerprint density at radius 1 is 1.31 bits per heavy atom. The van der Waals surface area contributed by atoms with Crippen molar-refractivity contribution >= 4 is 5.97 Å². The molecule has 0 spiro atoms. The summed E-state index contributed by atoms with van der Waals surface area (Å²) in [4.78, 5) is 10.5. The van der Waals surface area contributed by atoms with Crippen LogP contribution in [0.4, 0.5) is 0 Å². The Morgan fingerprint density at radius 2 is 1.77 bits per heavy atom. The molecule has 13 heavy (non-hydrogen) atoms.